The molecule has 1 rings (SSSR count). The number of hydrogen-bond acceptors (Lipinski definition) is 4. The van der Waals surface area contributed by atoms with Crippen molar-refractivity contribution in [3.05, 3.63) is 16.5 Å². The second kappa shape index (κ2) is 5.79. The molecule has 0 saturated heterocycles. The van der Waals surface area contributed by atoms with E-state index in [9.17, 15) is 9.59 Å². The molecular formula is C11H15NO4S. The minimum atomic E-state index is -1.04. The Morgan fingerprint density at radius 2 is 2.24 bits per heavy atom. The van der Waals surface area contributed by atoms with Gasteiger partial charge in [-0.15, -0.1) is 11.3 Å². The molecule has 94 valence electrons. The zero-order valence-electron chi connectivity index (χ0n) is 9.94. The van der Waals surface area contributed by atoms with Gasteiger partial charge in [-0.1, -0.05) is 6.92 Å². The average molecular weight is 257 g/mol. The van der Waals surface area contributed by atoms with Crippen LogP contribution in [0.1, 0.15) is 29.1 Å². The Balaban J connectivity index is 2.93. The van der Waals surface area contributed by atoms with Crippen molar-refractivity contribution in [2.45, 2.75) is 26.4 Å². The Hall–Kier alpha value is -1.40. The van der Waals surface area contributed by atoms with Crippen LogP contribution in [0.5, 0.6) is 0 Å². The van der Waals surface area contributed by atoms with E-state index in [1.165, 1.54) is 18.4 Å². The summed E-state index contributed by atoms with van der Waals surface area (Å²) in [6.45, 7) is 3.53. The number of methoxy groups -OCH3 is 1. The molecular weight excluding hydrogens is 242 g/mol. The standard InChI is InChI=1S/C11H15NO4S/c1-4-7-5-8(11(14)15)10(17-7)12-9(13)6(2)16-3/h5-6H,4H2,1-3H3,(H,12,13)(H,14,15). The first-order chi connectivity index (χ1) is 7.99. The van der Waals surface area contributed by atoms with Crippen molar-refractivity contribution >= 4 is 28.2 Å². The molecule has 0 fully saturated rings. The summed E-state index contributed by atoms with van der Waals surface area (Å²) in [6, 6.07) is 1.58. The lowest BCUT2D eigenvalue weighted by Crippen LogP contribution is -2.26. The smallest absolute Gasteiger partial charge is 0.338 e. The molecule has 1 unspecified atom stereocenters. The van der Waals surface area contributed by atoms with E-state index in [0.29, 0.717) is 5.00 Å². The van der Waals surface area contributed by atoms with Crippen LogP contribution in [-0.2, 0) is 16.0 Å². The van der Waals surface area contributed by atoms with Gasteiger partial charge < -0.3 is 15.2 Å². The number of ether oxygens (including phenoxy) is 1. The third-order valence-electron chi connectivity index (χ3n) is 2.32. The lowest BCUT2D eigenvalue weighted by molar-refractivity contribution is -0.124. The van der Waals surface area contributed by atoms with E-state index < -0.39 is 12.1 Å². The molecule has 0 aliphatic rings. The van der Waals surface area contributed by atoms with Gasteiger partial charge in [-0.05, 0) is 19.4 Å². The molecule has 0 saturated carbocycles. The van der Waals surface area contributed by atoms with Gasteiger partial charge in [-0.2, -0.15) is 0 Å². The highest BCUT2D eigenvalue weighted by atomic mass is 32.1. The van der Waals surface area contributed by atoms with Gasteiger partial charge in [0, 0.05) is 12.0 Å². The van der Waals surface area contributed by atoms with Crippen molar-refractivity contribution in [1.29, 1.82) is 0 Å². The fraction of sp³-hybridized carbons (Fsp3) is 0.455. The summed E-state index contributed by atoms with van der Waals surface area (Å²) in [5.41, 5.74) is 0.128. The highest BCUT2D eigenvalue weighted by molar-refractivity contribution is 7.16. The van der Waals surface area contributed by atoms with Gasteiger partial charge >= 0.3 is 5.97 Å². The summed E-state index contributed by atoms with van der Waals surface area (Å²) in [7, 11) is 1.42. The fourth-order valence-corrected chi connectivity index (χ4v) is 2.18. The largest absolute Gasteiger partial charge is 0.478 e. The average Bonchev–Trinajstić information content (AvgIpc) is 2.71. The molecule has 0 bridgehead atoms. The molecule has 17 heavy (non-hydrogen) atoms. The van der Waals surface area contributed by atoms with Crippen LogP contribution in [-0.4, -0.2) is 30.2 Å². The number of carbonyl (C=O) groups is 2. The number of carbonyl (C=O) groups excluding carboxylic acids is 1. The maximum Gasteiger partial charge on any atom is 0.338 e. The normalized spacial score (nSPS) is 12.2. The Kier molecular flexibility index (Phi) is 4.65. The molecule has 0 aliphatic heterocycles. The van der Waals surface area contributed by atoms with Crippen molar-refractivity contribution < 1.29 is 19.4 Å². The zero-order chi connectivity index (χ0) is 13.0. The number of carboxylic acid groups (broad SMARTS) is 1. The van der Waals surface area contributed by atoms with Gasteiger partial charge in [0.05, 0.1) is 5.56 Å². The third kappa shape index (κ3) is 3.28. The van der Waals surface area contributed by atoms with Gasteiger partial charge in [-0.25, -0.2) is 4.79 Å². The SMILES string of the molecule is CCc1cc(C(=O)O)c(NC(=O)C(C)OC)s1. The van der Waals surface area contributed by atoms with E-state index in [-0.39, 0.29) is 11.5 Å². The first-order valence-electron chi connectivity index (χ1n) is 5.19. The Morgan fingerprint density at radius 1 is 1.59 bits per heavy atom. The van der Waals surface area contributed by atoms with Crippen LogP contribution in [0.4, 0.5) is 5.00 Å². The van der Waals surface area contributed by atoms with Gasteiger partial charge in [-0.3, -0.25) is 4.79 Å². The molecule has 1 heterocycles. The summed E-state index contributed by atoms with van der Waals surface area (Å²) in [5.74, 6) is -1.39. The van der Waals surface area contributed by atoms with Crippen LogP contribution >= 0.6 is 11.3 Å². The molecule has 1 amide bonds. The number of aromatic carboxylic acids is 1. The van der Waals surface area contributed by atoms with E-state index in [1.807, 2.05) is 6.92 Å². The first kappa shape index (κ1) is 13.7. The summed E-state index contributed by atoms with van der Waals surface area (Å²) in [5, 5.41) is 11.9. The molecule has 1 aromatic rings. The number of thiophene rings is 1. The minimum absolute atomic E-state index is 0.128. The van der Waals surface area contributed by atoms with E-state index in [1.54, 1.807) is 13.0 Å². The first-order valence-corrected chi connectivity index (χ1v) is 6.00. The topological polar surface area (TPSA) is 75.6 Å². The van der Waals surface area contributed by atoms with Gasteiger partial charge in [0.15, 0.2) is 0 Å². The van der Waals surface area contributed by atoms with Crippen LogP contribution in [0, 0.1) is 0 Å². The van der Waals surface area contributed by atoms with E-state index in [4.69, 9.17) is 9.84 Å². The predicted molar refractivity (Wildman–Crippen MR) is 65.8 cm³/mol. The predicted octanol–water partition coefficient (Wildman–Crippen LogP) is 1.98. The number of nitrogens with one attached hydrogen (secondary N) is 1. The van der Waals surface area contributed by atoms with Crippen LogP contribution in [0.3, 0.4) is 0 Å². The van der Waals surface area contributed by atoms with Crippen LogP contribution in [0.15, 0.2) is 6.07 Å². The van der Waals surface area contributed by atoms with Gasteiger partial charge in [0.1, 0.15) is 11.1 Å². The third-order valence-corrected chi connectivity index (χ3v) is 3.52. The Morgan fingerprint density at radius 3 is 2.71 bits per heavy atom. The van der Waals surface area contributed by atoms with Gasteiger partial charge in [0.2, 0.25) is 0 Å². The number of aryl methyl sites for hydroxylation is 1. The minimum Gasteiger partial charge on any atom is -0.478 e. The molecule has 0 radical (unpaired) electrons. The van der Waals surface area contributed by atoms with Crippen molar-refractivity contribution in [2.75, 3.05) is 12.4 Å². The molecule has 2 N–H and O–H groups in total. The quantitative estimate of drug-likeness (QED) is 0.845. The van der Waals surface area contributed by atoms with Crippen LogP contribution in [0.25, 0.3) is 0 Å². The van der Waals surface area contributed by atoms with Crippen molar-refractivity contribution in [3.8, 4) is 0 Å². The second-order valence-electron chi connectivity index (χ2n) is 3.48. The van der Waals surface area contributed by atoms with Gasteiger partial charge in [0.25, 0.3) is 5.91 Å². The summed E-state index contributed by atoms with van der Waals surface area (Å²) in [6.07, 6.45) is 0.129. The molecule has 0 aromatic carbocycles. The number of amides is 1. The number of anilines is 1. The molecule has 5 nitrogen and oxygen atoms in total. The highest BCUT2D eigenvalue weighted by Crippen LogP contribution is 2.28. The highest BCUT2D eigenvalue weighted by Gasteiger charge is 2.19. The van der Waals surface area contributed by atoms with Crippen molar-refractivity contribution in [3.63, 3.8) is 0 Å². The zero-order valence-corrected chi connectivity index (χ0v) is 10.8. The van der Waals surface area contributed by atoms with Crippen LogP contribution in [0.2, 0.25) is 0 Å². The maximum atomic E-state index is 11.6. The van der Waals surface area contributed by atoms with E-state index >= 15 is 0 Å². The summed E-state index contributed by atoms with van der Waals surface area (Å²) >= 11 is 1.28. The lowest BCUT2D eigenvalue weighted by atomic mass is 10.2. The van der Waals surface area contributed by atoms with E-state index in [2.05, 4.69) is 5.32 Å². The summed E-state index contributed by atoms with van der Waals surface area (Å²) < 4.78 is 4.86. The van der Waals surface area contributed by atoms with Crippen LogP contribution < -0.4 is 5.32 Å². The number of hydrogen-bond donors (Lipinski definition) is 2. The molecule has 1 atom stereocenters. The monoisotopic (exact) mass is 257 g/mol. The molecule has 6 heteroatoms. The Bertz CT molecular complexity index is 427. The Labute approximate surface area is 103 Å². The second-order valence-corrected chi connectivity index (χ2v) is 4.62. The summed E-state index contributed by atoms with van der Waals surface area (Å²) in [4.78, 5) is 23.5. The number of carboxylic acids is 1. The van der Waals surface area contributed by atoms with E-state index in [0.717, 1.165) is 11.3 Å². The molecule has 0 spiro atoms. The lowest BCUT2D eigenvalue weighted by Gasteiger charge is -2.09. The fourth-order valence-electron chi connectivity index (χ4n) is 1.19. The molecule has 0 aliphatic carbocycles. The number of rotatable bonds is 5. The van der Waals surface area contributed by atoms with Crippen molar-refractivity contribution in [2.24, 2.45) is 0 Å². The van der Waals surface area contributed by atoms with Crippen molar-refractivity contribution in [1.82, 2.24) is 0 Å². The maximum absolute atomic E-state index is 11.6. The molecule has 1 aromatic heterocycles.